The fourth-order valence-corrected chi connectivity index (χ4v) is 2.91. The van der Waals surface area contributed by atoms with Gasteiger partial charge in [0, 0.05) is 22.5 Å². The van der Waals surface area contributed by atoms with Crippen LogP contribution in [-0.2, 0) is 25.5 Å². The predicted octanol–water partition coefficient (Wildman–Crippen LogP) is 2.48. The first kappa shape index (κ1) is 17.2. The number of rotatable bonds is 5. The molecule has 0 saturated carbocycles. The molecular weight excluding hydrogens is 374 g/mol. The largest absolute Gasteiger partial charge is 0.467 e. The van der Waals surface area contributed by atoms with E-state index in [0.717, 1.165) is 16.5 Å². The third-order valence-corrected chi connectivity index (χ3v) is 4.46. The fourth-order valence-electron chi connectivity index (χ4n) is 2.30. The Kier molecular flexibility index (Phi) is 6.23. The topological polar surface area (TPSA) is 64.6 Å². The van der Waals surface area contributed by atoms with Gasteiger partial charge in [0.05, 0.1) is 7.11 Å². The van der Waals surface area contributed by atoms with Crippen molar-refractivity contribution in [3.8, 4) is 0 Å². The van der Waals surface area contributed by atoms with Crippen LogP contribution in [0.4, 0.5) is 0 Å². The minimum absolute atomic E-state index is 0.284. The summed E-state index contributed by atoms with van der Waals surface area (Å²) in [6.07, 6.45) is 1.31. The molecule has 7 heteroatoms. The predicted molar refractivity (Wildman–Crippen MR) is 85.8 cm³/mol. The Balaban J connectivity index is 2.10. The Morgan fingerprint density at radius 2 is 2.32 bits per heavy atom. The molecule has 0 aromatic heterocycles. The molecule has 120 valence electrons. The molecule has 0 spiro atoms. The molecule has 1 aliphatic rings. The Bertz CT molecular complexity index is 560. The number of methoxy groups -OCH3 is 1. The Labute approximate surface area is 142 Å². The van der Waals surface area contributed by atoms with Gasteiger partial charge >= 0.3 is 5.97 Å². The highest BCUT2D eigenvalue weighted by Gasteiger charge is 2.29. The minimum atomic E-state index is -0.781. The second-order valence-corrected chi connectivity index (χ2v) is 6.32. The zero-order valence-corrected chi connectivity index (χ0v) is 14.4. The lowest BCUT2D eigenvalue weighted by molar-refractivity contribution is -0.146. The summed E-state index contributed by atoms with van der Waals surface area (Å²) in [6, 6.07) is 4.51. The van der Waals surface area contributed by atoms with Crippen LogP contribution in [0.15, 0.2) is 22.7 Å². The van der Waals surface area contributed by atoms with E-state index in [0.29, 0.717) is 18.1 Å². The molecule has 5 nitrogen and oxygen atoms in total. The number of benzene rings is 1. The van der Waals surface area contributed by atoms with Gasteiger partial charge in [0.1, 0.15) is 12.1 Å². The standard InChI is InChI=1S/C15H17BrClNO4/c1-21-15(20)12(18-14(19)13-3-2-6-22-13)8-9-7-10(17)4-5-11(9)16/h4-5,7,12-13H,2-3,6,8H2,1H3,(H,18,19)/t12-,13+/m1/s1. The van der Waals surface area contributed by atoms with Crippen molar-refractivity contribution in [2.24, 2.45) is 0 Å². The first-order chi connectivity index (χ1) is 10.5. The Morgan fingerprint density at radius 3 is 2.95 bits per heavy atom. The van der Waals surface area contributed by atoms with Crippen LogP contribution in [0.25, 0.3) is 0 Å². The third-order valence-electron chi connectivity index (χ3n) is 3.46. The van der Waals surface area contributed by atoms with E-state index in [1.807, 2.05) is 0 Å². The minimum Gasteiger partial charge on any atom is -0.467 e. The monoisotopic (exact) mass is 389 g/mol. The molecule has 2 rings (SSSR count). The maximum Gasteiger partial charge on any atom is 0.328 e. The Morgan fingerprint density at radius 1 is 1.55 bits per heavy atom. The highest BCUT2D eigenvalue weighted by atomic mass is 79.9. The highest BCUT2D eigenvalue weighted by Crippen LogP contribution is 2.23. The average molecular weight is 391 g/mol. The number of hydrogen-bond donors (Lipinski definition) is 1. The van der Waals surface area contributed by atoms with E-state index in [1.165, 1.54) is 7.11 Å². The van der Waals surface area contributed by atoms with Crippen molar-refractivity contribution in [2.45, 2.75) is 31.4 Å². The molecule has 2 atom stereocenters. The summed E-state index contributed by atoms with van der Waals surface area (Å²) in [5.74, 6) is -0.788. The molecule has 0 aliphatic carbocycles. The van der Waals surface area contributed by atoms with E-state index in [1.54, 1.807) is 18.2 Å². The van der Waals surface area contributed by atoms with Crippen LogP contribution in [0, 0.1) is 0 Å². The maximum atomic E-state index is 12.1. The van der Waals surface area contributed by atoms with Crippen LogP contribution < -0.4 is 5.32 Å². The lowest BCUT2D eigenvalue weighted by Gasteiger charge is -2.19. The second kappa shape index (κ2) is 7.94. The van der Waals surface area contributed by atoms with Crippen molar-refractivity contribution in [3.05, 3.63) is 33.3 Å². The van der Waals surface area contributed by atoms with Gasteiger partial charge in [-0.25, -0.2) is 4.79 Å². The van der Waals surface area contributed by atoms with Crippen molar-refractivity contribution in [1.82, 2.24) is 5.32 Å². The van der Waals surface area contributed by atoms with E-state index in [4.69, 9.17) is 21.1 Å². The molecule has 1 aliphatic heterocycles. The first-order valence-corrected chi connectivity index (χ1v) is 8.12. The lowest BCUT2D eigenvalue weighted by Crippen LogP contribution is -2.47. The zero-order valence-electron chi connectivity index (χ0n) is 12.1. The van der Waals surface area contributed by atoms with E-state index in [2.05, 4.69) is 21.2 Å². The van der Waals surface area contributed by atoms with Gasteiger partial charge in [0.25, 0.3) is 0 Å². The number of ether oxygens (including phenoxy) is 2. The summed E-state index contributed by atoms with van der Waals surface area (Å²) >= 11 is 9.39. The molecule has 1 N–H and O–H groups in total. The van der Waals surface area contributed by atoms with Gasteiger partial charge in [0.15, 0.2) is 0 Å². The van der Waals surface area contributed by atoms with Gasteiger partial charge < -0.3 is 14.8 Å². The first-order valence-electron chi connectivity index (χ1n) is 6.95. The smallest absolute Gasteiger partial charge is 0.328 e. The number of nitrogens with one attached hydrogen (secondary N) is 1. The van der Waals surface area contributed by atoms with E-state index in [9.17, 15) is 9.59 Å². The summed E-state index contributed by atoms with van der Waals surface area (Å²) in [4.78, 5) is 24.1. The molecule has 1 heterocycles. The van der Waals surface area contributed by atoms with Crippen LogP contribution in [-0.4, -0.2) is 37.7 Å². The molecule has 0 radical (unpaired) electrons. The number of carbonyl (C=O) groups is 2. The summed E-state index contributed by atoms with van der Waals surface area (Å²) in [6.45, 7) is 0.570. The number of hydrogen-bond acceptors (Lipinski definition) is 4. The van der Waals surface area contributed by atoms with Crippen LogP contribution >= 0.6 is 27.5 Å². The molecule has 0 unspecified atom stereocenters. The quantitative estimate of drug-likeness (QED) is 0.785. The third kappa shape index (κ3) is 4.44. The van der Waals surface area contributed by atoms with Gasteiger partial charge in [0.2, 0.25) is 5.91 Å². The Hall–Kier alpha value is -1.11. The molecule has 22 heavy (non-hydrogen) atoms. The SMILES string of the molecule is COC(=O)[C@@H](Cc1cc(Cl)ccc1Br)NC(=O)[C@@H]1CCCO1. The molecule has 0 bridgehead atoms. The zero-order chi connectivity index (χ0) is 16.1. The summed E-state index contributed by atoms with van der Waals surface area (Å²) < 4.78 is 10.9. The van der Waals surface area contributed by atoms with Crippen LogP contribution in [0.5, 0.6) is 0 Å². The number of halogens is 2. The summed E-state index contributed by atoms with van der Waals surface area (Å²) in [7, 11) is 1.29. The van der Waals surface area contributed by atoms with E-state index < -0.39 is 18.1 Å². The van der Waals surface area contributed by atoms with Gasteiger partial charge in [-0.3, -0.25) is 4.79 Å². The molecule has 1 aromatic rings. The maximum absolute atomic E-state index is 12.1. The van der Waals surface area contributed by atoms with Crippen molar-refractivity contribution >= 4 is 39.4 Å². The van der Waals surface area contributed by atoms with Crippen LogP contribution in [0.1, 0.15) is 18.4 Å². The van der Waals surface area contributed by atoms with Gasteiger partial charge in [-0.1, -0.05) is 27.5 Å². The number of esters is 1. The summed E-state index contributed by atoms with van der Waals surface area (Å²) in [5, 5.41) is 3.26. The average Bonchev–Trinajstić information content (AvgIpc) is 3.03. The van der Waals surface area contributed by atoms with Gasteiger partial charge in [-0.05, 0) is 36.6 Å². The van der Waals surface area contributed by atoms with Crippen molar-refractivity contribution in [2.75, 3.05) is 13.7 Å². The van der Waals surface area contributed by atoms with Crippen molar-refractivity contribution in [3.63, 3.8) is 0 Å². The van der Waals surface area contributed by atoms with Crippen LogP contribution in [0.3, 0.4) is 0 Å². The molecule has 1 saturated heterocycles. The van der Waals surface area contributed by atoms with Gasteiger partial charge in [-0.2, -0.15) is 0 Å². The molecule has 1 aromatic carbocycles. The summed E-state index contributed by atoms with van der Waals surface area (Å²) in [5.41, 5.74) is 0.815. The normalized spacial score (nSPS) is 18.8. The van der Waals surface area contributed by atoms with Gasteiger partial charge in [-0.15, -0.1) is 0 Å². The van der Waals surface area contributed by atoms with E-state index >= 15 is 0 Å². The number of carbonyl (C=O) groups excluding carboxylic acids is 2. The lowest BCUT2D eigenvalue weighted by atomic mass is 10.1. The molecule has 1 fully saturated rings. The fraction of sp³-hybridized carbons (Fsp3) is 0.467. The second-order valence-electron chi connectivity index (χ2n) is 5.03. The van der Waals surface area contributed by atoms with Crippen molar-refractivity contribution in [1.29, 1.82) is 0 Å². The van der Waals surface area contributed by atoms with E-state index in [-0.39, 0.29) is 12.3 Å². The number of amides is 1. The molecular formula is C15H17BrClNO4. The van der Waals surface area contributed by atoms with Crippen molar-refractivity contribution < 1.29 is 19.1 Å². The van der Waals surface area contributed by atoms with Crippen LogP contribution in [0.2, 0.25) is 5.02 Å². The highest BCUT2D eigenvalue weighted by molar-refractivity contribution is 9.10. The molecule has 1 amide bonds.